The molecule has 3 rings (SSSR count). The van der Waals surface area contributed by atoms with Gasteiger partial charge in [-0.2, -0.15) is 0 Å². The number of rotatable bonds is 2. The summed E-state index contributed by atoms with van der Waals surface area (Å²) in [4.78, 5) is 4.49. The molecule has 5 heteroatoms. The van der Waals surface area contributed by atoms with Crippen molar-refractivity contribution in [3.63, 3.8) is 0 Å². The highest BCUT2D eigenvalue weighted by molar-refractivity contribution is 7.80. The lowest BCUT2D eigenvalue weighted by Crippen LogP contribution is -2.18. The Morgan fingerprint density at radius 1 is 1.05 bits per heavy atom. The molecule has 0 bridgehead atoms. The third-order valence-corrected chi connectivity index (χ3v) is 3.98. The van der Waals surface area contributed by atoms with E-state index >= 15 is 0 Å². The number of benzene rings is 2. The Morgan fingerprint density at radius 3 is 2.55 bits per heavy atom. The number of hydrogen-bond donors (Lipinski definition) is 2. The number of thiazole rings is 1. The van der Waals surface area contributed by atoms with Gasteiger partial charge in [0.05, 0.1) is 10.2 Å². The lowest BCUT2D eigenvalue weighted by Gasteiger charge is -2.08. The number of thiocarbonyl (C=S) groups is 1. The maximum absolute atomic E-state index is 5.30. The van der Waals surface area contributed by atoms with E-state index in [0.29, 0.717) is 5.11 Å². The van der Waals surface area contributed by atoms with Crippen molar-refractivity contribution in [2.24, 2.45) is 0 Å². The molecule has 3 nitrogen and oxygen atoms in total. The molecule has 1 aromatic heterocycles. The molecule has 0 amide bonds. The number of nitrogens with one attached hydrogen (secondary N) is 2. The highest BCUT2D eigenvalue weighted by atomic mass is 32.1. The Morgan fingerprint density at radius 2 is 1.80 bits per heavy atom. The van der Waals surface area contributed by atoms with Crippen molar-refractivity contribution >= 4 is 49.7 Å². The fraction of sp³-hybridized carbons (Fsp3) is 0.0667. The van der Waals surface area contributed by atoms with Gasteiger partial charge in [-0.3, -0.25) is 0 Å². The van der Waals surface area contributed by atoms with Crippen LogP contribution in [0.25, 0.3) is 10.2 Å². The molecule has 100 valence electrons. The van der Waals surface area contributed by atoms with Crippen molar-refractivity contribution in [2.45, 2.75) is 6.92 Å². The van der Waals surface area contributed by atoms with Gasteiger partial charge in [0.1, 0.15) is 0 Å². The lowest BCUT2D eigenvalue weighted by molar-refractivity contribution is 1.45. The second kappa shape index (κ2) is 5.56. The number of aryl methyl sites for hydroxylation is 1. The number of aromatic nitrogens is 1. The van der Waals surface area contributed by atoms with Crippen molar-refractivity contribution in [1.82, 2.24) is 4.98 Å². The van der Waals surface area contributed by atoms with E-state index in [9.17, 15) is 0 Å². The van der Waals surface area contributed by atoms with Gasteiger partial charge in [0, 0.05) is 5.69 Å². The second-order valence-corrected chi connectivity index (χ2v) is 5.87. The predicted octanol–water partition coefficient (Wildman–Crippen LogP) is 4.41. The van der Waals surface area contributed by atoms with E-state index in [-0.39, 0.29) is 0 Å². The van der Waals surface area contributed by atoms with Gasteiger partial charge in [-0.1, -0.05) is 41.2 Å². The van der Waals surface area contributed by atoms with Gasteiger partial charge < -0.3 is 10.6 Å². The monoisotopic (exact) mass is 299 g/mol. The lowest BCUT2D eigenvalue weighted by atomic mass is 10.2. The van der Waals surface area contributed by atoms with Crippen LogP contribution < -0.4 is 10.6 Å². The Bertz CT molecular complexity index is 714. The van der Waals surface area contributed by atoms with Crippen LogP contribution >= 0.6 is 23.6 Å². The van der Waals surface area contributed by atoms with Gasteiger partial charge in [0.15, 0.2) is 10.2 Å². The van der Waals surface area contributed by atoms with Gasteiger partial charge in [0.2, 0.25) is 0 Å². The minimum absolute atomic E-state index is 0.549. The van der Waals surface area contributed by atoms with Gasteiger partial charge >= 0.3 is 0 Å². The molecule has 0 unspecified atom stereocenters. The van der Waals surface area contributed by atoms with E-state index in [4.69, 9.17) is 12.2 Å². The normalized spacial score (nSPS) is 10.4. The van der Waals surface area contributed by atoms with Crippen LogP contribution in [0.4, 0.5) is 10.8 Å². The molecule has 0 aliphatic carbocycles. The molecule has 0 aliphatic heterocycles. The van der Waals surface area contributed by atoms with Crippen molar-refractivity contribution in [2.75, 3.05) is 10.6 Å². The number of nitrogens with zero attached hydrogens (tertiary/aromatic N) is 1. The zero-order chi connectivity index (χ0) is 13.9. The largest absolute Gasteiger partial charge is 0.332 e. The number of hydrogen-bond acceptors (Lipinski definition) is 3. The topological polar surface area (TPSA) is 37.0 Å². The first-order valence-corrected chi connectivity index (χ1v) is 7.43. The summed E-state index contributed by atoms with van der Waals surface area (Å²) in [6.07, 6.45) is 0. The first-order valence-electron chi connectivity index (χ1n) is 6.21. The van der Waals surface area contributed by atoms with E-state index in [1.807, 2.05) is 42.5 Å². The SMILES string of the molecule is Cc1ccc(NC(=S)Nc2nc3ccccc3s2)cc1. The van der Waals surface area contributed by atoms with Gasteiger partial charge in [-0.25, -0.2) is 4.98 Å². The Hall–Kier alpha value is -1.98. The molecule has 0 fully saturated rings. The molecule has 0 saturated heterocycles. The van der Waals surface area contributed by atoms with E-state index in [0.717, 1.165) is 21.0 Å². The second-order valence-electron chi connectivity index (χ2n) is 4.43. The number of para-hydroxylation sites is 1. The molecule has 2 aromatic carbocycles. The van der Waals surface area contributed by atoms with Gasteiger partial charge in [0.25, 0.3) is 0 Å². The van der Waals surface area contributed by atoms with Crippen LogP contribution in [0.3, 0.4) is 0 Å². The molecular weight excluding hydrogens is 286 g/mol. The van der Waals surface area contributed by atoms with Crippen LogP contribution in [0.1, 0.15) is 5.56 Å². The quantitative estimate of drug-likeness (QED) is 0.687. The molecule has 2 N–H and O–H groups in total. The Labute approximate surface area is 126 Å². The summed E-state index contributed by atoms with van der Waals surface area (Å²) < 4.78 is 1.15. The van der Waals surface area contributed by atoms with Crippen LogP contribution in [0, 0.1) is 6.92 Å². The Kier molecular flexibility index (Phi) is 3.62. The summed E-state index contributed by atoms with van der Waals surface area (Å²) in [5.41, 5.74) is 3.17. The fourth-order valence-corrected chi connectivity index (χ4v) is 2.97. The first-order chi connectivity index (χ1) is 9.70. The highest BCUT2D eigenvalue weighted by Crippen LogP contribution is 2.25. The minimum Gasteiger partial charge on any atom is -0.332 e. The first kappa shape index (κ1) is 13.0. The van der Waals surface area contributed by atoms with E-state index in [1.54, 1.807) is 11.3 Å². The molecular formula is C15H13N3S2. The average molecular weight is 299 g/mol. The van der Waals surface area contributed by atoms with Crippen molar-refractivity contribution in [1.29, 1.82) is 0 Å². The summed E-state index contributed by atoms with van der Waals surface area (Å²) in [6, 6.07) is 16.1. The summed E-state index contributed by atoms with van der Waals surface area (Å²) in [5, 5.41) is 7.62. The molecule has 0 aliphatic rings. The van der Waals surface area contributed by atoms with E-state index in [1.165, 1.54) is 5.56 Å². The highest BCUT2D eigenvalue weighted by Gasteiger charge is 2.04. The zero-order valence-corrected chi connectivity index (χ0v) is 12.5. The van der Waals surface area contributed by atoms with Crippen LogP contribution in [-0.2, 0) is 0 Å². The Balaban J connectivity index is 1.70. The smallest absolute Gasteiger partial charge is 0.190 e. The van der Waals surface area contributed by atoms with E-state index in [2.05, 4.69) is 28.6 Å². The minimum atomic E-state index is 0.549. The molecule has 0 atom stereocenters. The summed E-state index contributed by atoms with van der Waals surface area (Å²) >= 11 is 6.89. The van der Waals surface area contributed by atoms with Crippen LogP contribution in [-0.4, -0.2) is 10.1 Å². The summed E-state index contributed by atoms with van der Waals surface area (Å²) in [6.45, 7) is 2.06. The zero-order valence-electron chi connectivity index (χ0n) is 10.9. The van der Waals surface area contributed by atoms with Crippen molar-refractivity contribution in [3.05, 3.63) is 54.1 Å². The fourth-order valence-electron chi connectivity index (χ4n) is 1.82. The van der Waals surface area contributed by atoms with E-state index < -0.39 is 0 Å². The van der Waals surface area contributed by atoms with Crippen LogP contribution in [0.5, 0.6) is 0 Å². The molecule has 20 heavy (non-hydrogen) atoms. The average Bonchev–Trinajstić information content (AvgIpc) is 2.83. The maximum Gasteiger partial charge on any atom is 0.190 e. The van der Waals surface area contributed by atoms with Crippen LogP contribution in [0.2, 0.25) is 0 Å². The third kappa shape index (κ3) is 2.95. The van der Waals surface area contributed by atoms with Gasteiger partial charge in [-0.05, 0) is 43.4 Å². The number of anilines is 2. The number of fused-ring (bicyclic) bond motifs is 1. The summed E-state index contributed by atoms with van der Waals surface area (Å²) in [5.74, 6) is 0. The molecule has 0 saturated carbocycles. The standard InChI is InChI=1S/C15H13N3S2/c1-10-6-8-11(9-7-10)16-14(19)18-15-17-12-4-2-3-5-13(12)20-15/h2-9H,1H3,(H2,16,17,18,19). The molecule has 1 heterocycles. The molecule has 0 radical (unpaired) electrons. The van der Waals surface area contributed by atoms with Crippen LogP contribution in [0.15, 0.2) is 48.5 Å². The molecule has 3 aromatic rings. The van der Waals surface area contributed by atoms with Crippen molar-refractivity contribution < 1.29 is 0 Å². The third-order valence-electron chi connectivity index (χ3n) is 2.82. The van der Waals surface area contributed by atoms with Crippen molar-refractivity contribution in [3.8, 4) is 0 Å². The maximum atomic E-state index is 5.30. The summed E-state index contributed by atoms with van der Waals surface area (Å²) in [7, 11) is 0. The predicted molar refractivity (Wildman–Crippen MR) is 90.6 cm³/mol. The van der Waals surface area contributed by atoms with Gasteiger partial charge in [-0.15, -0.1) is 0 Å². The molecule has 0 spiro atoms.